The highest BCUT2D eigenvalue weighted by molar-refractivity contribution is 8.28. The summed E-state index contributed by atoms with van der Waals surface area (Å²) in [5.41, 5.74) is -0.0632. The Morgan fingerprint density at radius 1 is 0.607 bits per heavy atom. The minimum atomic E-state index is -2.08. The van der Waals surface area contributed by atoms with Crippen molar-refractivity contribution in [2.75, 3.05) is 0 Å². The van der Waals surface area contributed by atoms with Gasteiger partial charge < -0.3 is 0 Å². The summed E-state index contributed by atoms with van der Waals surface area (Å²) in [4.78, 5) is 0. The smallest absolute Gasteiger partial charge is 0.156 e. The molecule has 3 rings (SSSR count). The van der Waals surface area contributed by atoms with Crippen LogP contribution in [-0.2, 0) is 23.6 Å². The van der Waals surface area contributed by atoms with Gasteiger partial charge in [-0.2, -0.15) is 8.88 Å². The first-order chi connectivity index (χ1) is 12.9. The zero-order chi connectivity index (χ0) is 20.8. The quantitative estimate of drug-likeness (QED) is 0.462. The number of hydrogen-bond acceptors (Lipinski definition) is 2. The van der Waals surface area contributed by atoms with E-state index in [0.29, 0.717) is 12.1 Å². The summed E-state index contributed by atoms with van der Waals surface area (Å²) in [6.45, 7) is 9.67. The molecular formula is C20H42N4P2S2. The van der Waals surface area contributed by atoms with Gasteiger partial charge in [0.25, 0.3) is 0 Å². The van der Waals surface area contributed by atoms with E-state index in [0.717, 1.165) is 0 Å². The molecule has 4 nitrogen and oxygen atoms in total. The summed E-state index contributed by atoms with van der Waals surface area (Å²) in [6, 6.07) is 1.10. The molecule has 0 aromatic rings. The molecule has 3 fully saturated rings. The highest BCUT2D eigenvalue weighted by Crippen LogP contribution is 2.87. The molecule has 8 heteroatoms. The van der Waals surface area contributed by atoms with Gasteiger partial charge in [-0.25, -0.2) is 0 Å². The lowest BCUT2D eigenvalue weighted by Gasteiger charge is -2.70. The minimum absolute atomic E-state index is 0.0316. The van der Waals surface area contributed by atoms with Crippen molar-refractivity contribution < 1.29 is 0 Å². The van der Waals surface area contributed by atoms with Crippen LogP contribution in [-0.4, -0.2) is 32.0 Å². The molecule has 2 aliphatic carbocycles. The van der Waals surface area contributed by atoms with Gasteiger partial charge in [0.15, 0.2) is 13.0 Å². The van der Waals surface area contributed by atoms with Gasteiger partial charge in [0.05, 0.1) is 0 Å². The molecule has 0 radical (unpaired) electrons. The summed E-state index contributed by atoms with van der Waals surface area (Å²) < 4.78 is 5.18. The van der Waals surface area contributed by atoms with Crippen molar-refractivity contribution in [3.63, 3.8) is 0 Å². The molecule has 2 N–H and O–H groups in total. The van der Waals surface area contributed by atoms with E-state index in [-0.39, 0.29) is 11.1 Å². The predicted octanol–water partition coefficient (Wildman–Crippen LogP) is 6.49. The molecule has 1 heterocycles. The Bertz CT molecular complexity index is 572. The standard InChI is InChI=1S/C20H42N4P2S2/c1-19(2,3)23-25(27,21-17-13-9-7-10-14-17)24(20(4,5)6)26(23,28)22-18-15-11-8-12-16-18/h17-18H,7-16H2,1-6H3,(H,21,27)(H,22,28). The van der Waals surface area contributed by atoms with Crippen LogP contribution in [0.3, 0.4) is 0 Å². The monoisotopic (exact) mass is 464 g/mol. The maximum absolute atomic E-state index is 6.54. The second kappa shape index (κ2) is 8.58. The second-order valence-electron chi connectivity index (χ2n) is 10.9. The normalized spacial score (nSPS) is 35.1. The van der Waals surface area contributed by atoms with Gasteiger partial charge in [0, 0.05) is 23.2 Å². The summed E-state index contributed by atoms with van der Waals surface area (Å²) in [5, 5.41) is 8.07. The van der Waals surface area contributed by atoms with Crippen molar-refractivity contribution in [1.82, 2.24) is 19.1 Å². The van der Waals surface area contributed by atoms with E-state index < -0.39 is 13.0 Å². The molecule has 0 amide bonds. The maximum Gasteiger partial charge on any atom is 0.156 e. The molecule has 1 aliphatic heterocycles. The molecule has 28 heavy (non-hydrogen) atoms. The van der Waals surface area contributed by atoms with E-state index in [9.17, 15) is 0 Å². The van der Waals surface area contributed by atoms with Crippen molar-refractivity contribution >= 4 is 36.6 Å². The Morgan fingerprint density at radius 2 is 0.893 bits per heavy atom. The zero-order valence-electron chi connectivity index (χ0n) is 18.8. The molecule has 2 saturated carbocycles. The third-order valence-corrected chi connectivity index (χ3v) is 19.1. The number of rotatable bonds is 4. The molecular weight excluding hydrogens is 422 g/mol. The van der Waals surface area contributed by atoms with E-state index in [1.54, 1.807) is 0 Å². The van der Waals surface area contributed by atoms with Gasteiger partial charge in [-0.1, -0.05) is 38.5 Å². The molecule has 0 aromatic carbocycles. The highest BCUT2D eigenvalue weighted by atomic mass is 32.5. The third kappa shape index (κ3) is 4.65. The van der Waals surface area contributed by atoms with Crippen molar-refractivity contribution in [2.24, 2.45) is 0 Å². The Morgan fingerprint density at radius 3 is 1.14 bits per heavy atom. The first-order valence-electron chi connectivity index (χ1n) is 11.3. The largest absolute Gasteiger partial charge is 0.262 e. The van der Waals surface area contributed by atoms with Crippen LogP contribution < -0.4 is 10.2 Å². The fourth-order valence-electron chi connectivity index (χ4n) is 5.24. The molecule has 0 spiro atoms. The van der Waals surface area contributed by atoms with Crippen LogP contribution in [0, 0.1) is 0 Å². The topological polar surface area (TPSA) is 30.5 Å². The van der Waals surface area contributed by atoms with E-state index >= 15 is 0 Å². The van der Waals surface area contributed by atoms with Crippen LogP contribution in [0.5, 0.6) is 0 Å². The Kier molecular flexibility index (Phi) is 7.29. The number of nitrogens with one attached hydrogen (secondary N) is 2. The van der Waals surface area contributed by atoms with Crippen LogP contribution in [0.25, 0.3) is 0 Å². The predicted molar refractivity (Wildman–Crippen MR) is 132 cm³/mol. The fourth-order valence-corrected chi connectivity index (χ4v) is 22.9. The molecule has 0 unspecified atom stereocenters. The maximum atomic E-state index is 6.54. The van der Waals surface area contributed by atoms with E-state index in [2.05, 4.69) is 60.6 Å². The lowest BCUT2D eigenvalue weighted by Crippen LogP contribution is -2.64. The van der Waals surface area contributed by atoms with Gasteiger partial charge in [-0.05, 0) is 90.8 Å². The van der Waals surface area contributed by atoms with Crippen molar-refractivity contribution in [3.05, 3.63) is 0 Å². The summed E-state index contributed by atoms with van der Waals surface area (Å²) in [5.74, 6) is 0. The van der Waals surface area contributed by atoms with Crippen LogP contribution >= 0.6 is 13.0 Å². The molecule has 3 aliphatic rings. The lowest BCUT2D eigenvalue weighted by molar-refractivity contribution is 0.257. The second-order valence-corrected chi connectivity index (χ2v) is 18.9. The van der Waals surface area contributed by atoms with Gasteiger partial charge in [-0.3, -0.25) is 10.2 Å². The van der Waals surface area contributed by atoms with Crippen LogP contribution in [0.15, 0.2) is 0 Å². The molecule has 164 valence electrons. The van der Waals surface area contributed by atoms with Crippen LogP contribution in [0.4, 0.5) is 0 Å². The van der Waals surface area contributed by atoms with Gasteiger partial charge in [0.1, 0.15) is 0 Å². The van der Waals surface area contributed by atoms with Gasteiger partial charge in [0.2, 0.25) is 0 Å². The third-order valence-electron chi connectivity index (χ3n) is 6.14. The van der Waals surface area contributed by atoms with E-state index in [1.165, 1.54) is 64.2 Å². The van der Waals surface area contributed by atoms with Gasteiger partial charge >= 0.3 is 0 Å². The SMILES string of the molecule is CC(C)(C)N1P(=S)(NC2CCCCC2)N(C(C)(C)C)P1(=S)NC1CCCCC1. The molecule has 0 atom stereocenters. The van der Waals surface area contributed by atoms with E-state index in [1.807, 2.05) is 0 Å². The van der Waals surface area contributed by atoms with Crippen LogP contribution in [0.2, 0.25) is 0 Å². The first kappa shape index (κ1) is 23.8. The zero-order valence-corrected chi connectivity index (χ0v) is 22.3. The lowest BCUT2D eigenvalue weighted by atomic mass is 9.96. The molecule has 0 aromatic heterocycles. The summed E-state index contributed by atoms with van der Waals surface area (Å²) >= 11 is 13.1. The van der Waals surface area contributed by atoms with Crippen molar-refractivity contribution in [2.45, 2.75) is 129 Å². The van der Waals surface area contributed by atoms with Crippen LogP contribution in [0.1, 0.15) is 106 Å². The van der Waals surface area contributed by atoms with Crippen molar-refractivity contribution in [1.29, 1.82) is 0 Å². The summed E-state index contributed by atoms with van der Waals surface area (Å²) in [6.07, 6.45) is 13.1. The van der Waals surface area contributed by atoms with E-state index in [4.69, 9.17) is 23.6 Å². The molecule has 1 saturated heterocycles. The van der Waals surface area contributed by atoms with Gasteiger partial charge in [-0.15, -0.1) is 0 Å². The van der Waals surface area contributed by atoms with Crippen molar-refractivity contribution in [3.8, 4) is 0 Å². The Balaban J connectivity index is 1.95. The Labute approximate surface area is 184 Å². The highest BCUT2D eigenvalue weighted by Gasteiger charge is 2.65. The Hall–Kier alpha value is 1.14. The first-order valence-corrected chi connectivity index (χ1v) is 16.7. The average molecular weight is 465 g/mol. The fraction of sp³-hybridized carbons (Fsp3) is 1.00. The minimum Gasteiger partial charge on any atom is -0.262 e. The number of hydrogen-bond donors (Lipinski definition) is 2. The number of nitrogens with zero attached hydrogens (tertiary/aromatic N) is 2. The average Bonchev–Trinajstić information content (AvgIpc) is 2.52. The summed E-state index contributed by atoms with van der Waals surface area (Å²) in [7, 11) is 0. The molecule has 0 bridgehead atoms.